The summed E-state index contributed by atoms with van der Waals surface area (Å²) in [7, 11) is -3.40. The number of thiophene rings is 1. The molecule has 0 bridgehead atoms. The minimum absolute atomic E-state index is 0.253. The highest BCUT2D eigenvalue weighted by atomic mass is 32.2. The summed E-state index contributed by atoms with van der Waals surface area (Å²) in [5.74, 6) is 1.53. The molecular formula is C11H13NO3S2. The van der Waals surface area contributed by atoms with E-state index in [-0.39, 0.29) is 6.54 Å². The SMILES string of the molecule is Cc1cc(CNS(=O)(=O)c2cccs2)c(C)o1. The molecule has 0 amide bonds. The summed E-state index contributed by atoms with van der Waals surface area (Å²) in [6.07, 6.45) is 0. The van der Waals surface area contributed by atoms with Gasteiger partial charge in [-0.25, -0.2) is 13.1 Å². The lowest BCUT2D eigenvalue weighted by Crippen LogP contribution is -2.22. The van der Waals surface area contributed by atoms with Crippen molar-refractivity contribution in [1.29, 1.82) is 0 Å². The van der Waals surface area contributed by atoms with Crippen molar-refractivity contribution in [3.8, 4) is 0 Å². The van der Waals surface area contributed by atoms with E-state index in [1.807, 2.05) is 19.9 Å². The second-order valence-electron chi connectivity index (χ2n) is 3.70. The highest BCUT2D eigenvalue weighted by molar-refractivity contribution is 7.91. The zero-order valence-electron chi connectivity index (χ0n) is 9.56. The standard InChI is InChI=1S/C11H13NO3S2/c1-8-6-10(9(2)15-8)7-12-17(13,14)11-4-3-5-16-11/h3-6,12H,7H2,1-2H3. The number of hydrogen-bond donors (Lipinski definition) is 1. The van der Waals surface area contributed by atoms with Crippen LogP contribution in [0.15, 0.2) is 32.2 Å². The van der Waals surface area contributed by atoms with E-state index < -0.39 is 10.0 Å². The number of hydrogen-bond acceptors (Lipinski definition) is 4. The third kappa shape index (κ3) is 2.77. The van der Waals surface area contributed by atoms with Gasteiger partial charge in [-0.1, -0.05) is 6.07 Å². The van der Waals surface area contributed by atoms with Crippen molar-refractivity contribution in [3.63, 3.8) is 0 Å². The van der Waals surface area contributed by atoms with Gasteiger partial charge in [0.05, 0.1) is 0 Å². The predicted octanol–water partition coefficient (Wildman–Crippen LogP) is 2.44. The predicted molar refractivity (Wildman–Crippen MR) is 66.5 cm³/mol. The molecule has 6 heteroatoms. The summed E-state index contributed by atoms with van der Waals surface area (Å²) >= 11 is 1.20. The molecule has 17 heavy (non-hydrogen) atoms. The van der Waals surface area contributed by atoms with Gasteiger partial charge in [-0.05, 0) is 31.4 Å². The molecule has 0 radical (unpaired) electrons. The van der Waals surface area contributed by atoms with Gasteiger partial charge in [0, 0.05) is 12.1 Å². The molecule has 0 aliphatic heterocycles. The van der Waals surface area contributed by atoms with Gasteiger partial charge in [0.15, 0.2) is 0 Å². The topological polar surface area (TPSA) is 59.3 Å². The summed E-state index contributed by atoms with van der Waals surface area (Å²) in [6, 6.07) is 5.14. The average Bonchev–Trinajstić information content (AvgIpc) is 2.85. The maximum absolute atomic E-state index is 11.9. The zero-order valence-corrected chi connectivity index (χ0v) is 11.2. The highest BCUT2D eigenvalue weighted by Crippen LogP contribution is 2.17. The van der Waals surface area contributed by atoms with Crippen molar-refractivity contribution >= 4 is 21.4 Å². The molecule has 0 saturated carbocycles. The van der Waals surface area contributed by atoms with Gasteiger partial charge in [-0.3, -0.25) is 0 Å². The van der Waals surface area contributed by atoms with Crippen LogP contribution >= 0.6 is 11.3 Å². The van der Waals surface area contributed by atoms with Gasteiger partial charge in [0.2, 0.25) is 10.0 Å². The molecule has 0 aromatic carbocycles. The summed E-state index contributed by atoms with van der Waals surface area (Å²) in [5.41, 5.74) is 0.864. The number of furan rings is 1. The van der Waals surface area contributed by atoms with E-state index in [1.54, 1.807) is 17.5 Å². The van der Waals surface area contributed by atoms with Crippen LogP contribution in [0, 0.1) is 13.8 Å². The first-order valence-electron chi connectivity index (χ1n) is 5.08. The minimum atomic E-state index is -3.40. The Kier molecular flexibility index (Phi) is 3.37. The fourth-order valence-corrected chi connectivity index (χ4v) is 3.56. The molecular weight excluding hydrogens is 258 g/mol. The van der Waals surface area contributed by atoms with Crippen molar-refractivity contribution in [3.05, 3.63) is 40.7 Å². The van der Waals surface area contributed by atoms with Crippen molar-refractivity contribution in [1.82, 2.24) is 4.72 Å². The molecule has 2 rings (SSSR count). The van der Waals surface area contributed by atoms with E-state index in [4.69, 9.17) is 4.42 Å². The molecule has 2 heterocycles. The van der Waals surface area contributed by atoms with E-state index >= 15 is 0 Å². The third-order valence-electron chi connectivity index (χ3n) is 2.36. The maximum atomic E-state index is 11.9. The molecule has 0 spiro atoms. The number of rotatable bonds is 4. The molecule has 0 aliphatic carbocycles. The third-order valence-corrected chi connectivity index (χ3v) is 5.16. The Morgan fingerprint density at radius 3 is 2.71 bits per heavy atom. The number of sulfonamides is 1. The molecule has 0 unspecified atom stereocenters. The molecule has 0 fully saturated rings. The molecule has 4 nitrogen and oxygen atoms in total. The normalized spacial score (nSPS) is 11.9. The Bertz CT molecular complexity index is 597. The van der Waals surface area contributed by atoms with Crippen LogP contribution in [0.2, 0.25) is 0 Å². The molecule has 2 aromatic rings. The smallest absolute Gasteiger partial charge is 0.250 e. The molecule has 0 atom stereocenters. The van der Waals surface area contributed by atoms with Crippen LogP contribution in [0.3, 0.4) is 0 Å². The number of nitrogens with one attached hydrogen (secondary N) is 1. The van der Waals surface area contributed by atoms with Crippen LogP contribution < -0.4 is 4.72 Å². The highest BCUT2D eigenvalue weighted by Gasteiger charge is 2.15. The maximum Gasteiger partial charge on any atom is 0.250 e. The zero-order chi connectivity index (χ0) is 12.5. The van der Waals surface area contributed by atoms with Gasteiger partial charge >= 0.3 is 0 Å². The van der Waals surface area contributed by atoms with Crippen LogP contribution in [0.4, 0.5) is 0 Å². The molecule has 1 N–H and O–H groups in total. The second kappa shape index (κ2) is 4.64. The summed E-state index contributed by atoms with van der Waals surface area (Å²) in [4.78, 5) is 0. The van der Waals surface area contributed by atoms with Gasteiger partial charge in [0.25, 0.3) is 0 Å². The first-order chi connectivity index (χ1) is 7.99. The van der Waals surface area contributed by atoms with Crippen molar-refractivity contribution in [2.24, 2.45) is 0 Å². The lowest BCUT2D eigenvalue weighted by molar-refractivity contribution is 0.500. The van der Waals surface area contributed by atoms with E-state index in [0.717, 1.165) is 17.1 Å². The van der Waals surface area contributed by atoms with Gasteiger partial charge in [-0.2, -0.15) is 0 Å². The van der Waals surface area contributed by atoms with E-state index in [1.165, 1.54) is 11.3 Å². The Morgan fingerprint density at radius 2 is 2.18 bits per heavy atom. The van der Waals surface area contributed by atoms with Gasteiger partial charge in [0.1, 0.15) is 15.7 Å². The Balaban J connectivity index is 2.11. The Labute approximate surface area is 104 Å². The molecule has 92 valence electrons. The summed E-state index contributed by atoms with van der Waals surface area (Å²) in [6.45, 7) is 3.91. The first kappa shape index (κ1) is 12.3. The average molecular weight is 271 g/mol. The summed E-state index contributed by atoms with van der Waals surface area (Å²) in [5, 5.41) is 1.74. The van der Waals surface area contributed by atoms with Crippen molar-refractivity contribution in [2.45, 2.75) is 24.6 Å². The van der Waals surface area contributed by atoms with E-state index in [9.17, 15) is 8.42 Å². The monoisotopic (exact) mass is 271 g/mol. The first-order valence-corrected chi connectivity index (χ1v) is 7.44. The van der Waals surface area contributed by atoms with E-state index in [2.05, 4.69) is 4.72 Å². The quantitative estimate of drug-likeness (QED) is 0.929. The Hall–Kier alpha value is -1.11. The molecule has 2 aromatic heterocycles. The fraction of sp³-hybridized carbons (Fsp3) is 0.273. The molecule has 0 saturated heterocycles. The van der Waals surface area contributed by atoms with E-state index in [0.29, 0.717) is 4.21 Å². The largest absolute Gasteiger partial charge is 0.466 e. The van der Waals surface area contributed by atoms with Gasteiger partial charge < -0.3 is 4.42 Å². The molecule has 0 aliphatic rings. The van der Waals surface area contributed by atoms with Gasteiger partial charge in [-0.15, -0.1) is 11.3 Å². The lowest BCUT2D eigenvalue weighted by atomic mass is 10.2. The summed E-state index contributed by atoms with van der Waals surface area (Å²) < 4.78 is 31.9. The van der Waals surface area contributed by atoms with Crippen LogP contribution in [-0.2, 0) is 16.6 Å². The minimum Gasteiger partial charge on any atom is -0.466 e. The van der Waals surface area contributed by atoms with Crippen molar-refractivity contribution < 1.29 is 12.8 Å². The van der Waals surface area contributed by atoms with Crippen LogP contribution in [0.5, 0.6) is 0 Å². The second-order valence-corrected chi connectivity index (χ2v) is 6.64. The number of aryl methyl sites for hydroxylation is 2. The van der Waals surface area contributed by atoms with Crippen molar-refractivity contribution in [2.75, 3.05) is 0 Å². The van der Waals surface area contributed by atoms with Crippen LogP contribution in [-0.4, -0.2) is 8.42 Å². The lowest BCUT2D eigenvalue weighted by Gasteiger charge is -2.03. The Morgan fingerprint density at radius 1 is 1.41 bits per heavy atom. The fourth-order valence-electron chi connectivity index (χ4n) is 1.52. The van der Waals surface area contributed by atoms with Crippen LogP contribution in [0.1, 0.15) is 17.1 Å². The van der Waals surface area contributed by atoms with Crippen LogP contribution in [0.25, 0.3) is 0 Å².